The van der Waals surface area contributed by atoms with Crippen LogP contribution in [0.15, 0.2) is 0 Å². The smallest absolute Gasteiger partial charge is 0.313 e. The van der Waals surface area contributed by atoms with Gasteiger partial charge in [-0.25, -0.2) is 0 Å². The standard InChI is InChI=1S/C28H44O4/c1-16-6-11-27-13-12-26(5)25(4)10-7-18-14-19(29)8-9-24(18,3)20(25)15-21(30)28(26,32-23(27)31)22(27)17(16)2/h16-22,29-30H,6-15H2,1-5H3/t16-,17+,18+,19+,20-,21-,22-,24+,25-,26+,27+,28+/m1/s1. The van der Waals surface area contributed by atoms with E-state index in [1.165, 1.54) is 0 Å². The Labute approximate surface area is 193 Å². The number of carbonyl (C=O) groups excluding carboxylic acids is 1. The van der Waals surface area contributed by atoms with Gasteiger partial charge in [-0.1, -0.05) is 34.6 Å². The highest BCUT2D eigenvalue weighted by molar-refractivity contribution is 5.82. The molecule has 6 fully saturated rings. The van der Waals surface area contributed by atoms with E-state index in [2.05, 4.69) is 34.6 Å². The minimum absolute atomic E-state index is 0.00626. The SMILES string of the molecule is C[C@H]1[C@H](C)CC[C@@]23CC[C@]4(C)[C@](OC2=O)([C@H](O)C[C@@H]2[C@@]5(C)CC[C@H](O)C[C@@H]5CC[C@]24C)[C@H]13. The Bertz CT molecular complexity index is 841. The molecule has 0 aromatic carbocycles. The summed E-state index contributed by atoms with van der Waals surface area (Å²) in [6.07, 6.45) is 9.06. The zero-order valence-electron chi connectivity index (χ0n) is 20.8. The van der Waals surface area contributed by atoms with Gasteiger partial charge in [0.1, 0.15) is 5.60 Å². The van der Waals surface area contributed by atoms with E-state index in [1.807, 2.05) is 0 Å². The fourth-order valence-corrected chi connectivity index (χ4v) is 11.2. The fourth-order valence-electron chi connectivity index (χ4n) is 11.2. The monoisotopic (exact) mass is 444 g/mol. The lowest BCUT2D eigenvalue weighted by Gasteiger charge is -2.73. The van der Waals surface area contributed by atoms with Crippen molar-refractivity contribution in [2.45, 2.75) is 117 Å². The summed E-state index contributed by atoms with van der Waals surface area (Å²) in [6.45, 7) is 12.0. The van der Waals surface area contributed by atoms with Crippen LogP contribution in [-0.4, -0.2) is 34.0 Å². The minimum atomic E-state index is -0.737. The predicted molar refractivity (Wildman–Crippen MR) is 123 cm³/mol. The fraction of sp³-hybridized carbons (Fsp3) is 0.964. The maximum Gasteiger partial charge on any atom is 0.313 e. The summed E-state index contributed by atoms with van der Waals surface area (Å²) in [5, 5.41) is 22.5. The molecule has 2 bridgehead atoms. The molecule has 5 aliphatic carbocycles. The van der Waals surface area contributed by atoms with Crippen molar-refractivity contribution in [3.05, 3.63) is 0 Å². The molecule has 180 valence electrons. The van der Waals surface area contributed by atoms with Crippen molar-refractivity contribution in [1.29, 1.82) is 0 Å². The van der Waals surface area contributed by atoms with Gasteiger partial charge in [0.2, 0.25) is 0 Å². The predicted octanol–water partition coefficient (Wildman–Crippen LogP) is 5.10. The van der Waals surface area contributed by atoms with E-state index >= 15 is 0 Å². The third kappa shape index (κ3) is 2.13. The molecule has 6 rings (SSSR count). The summed E-state index contributed by atoms with van der Waals surface area (Å²) < 4.78 is 6.62. The van der Waals surface area contributed by atoms with Gasteiger partial charge in [0.15, 0.2) is 0 Å². The zero-order valence-corrected chi connectivity index (χ0v) is 20.8. The molecular weight excluding hydrogens is 400 g/mol. The molecule has 0 amide bonds. The van der Waals surface area contributed by atoms with Crippen LogP contribution in [0.25, 0.3) is 0 Å². The van der Waals surface area contributed by atoms with Crippen LogP contribution in [-0.2, 0) is 9.53 Å². The number of aliphatic hydroxyl groups is 2. The first-order chi connectivity index (χ1) is 15.0. The maximum absolute atomic E-state index is 13.6. The molecule has 0 unspecified atom stereocenters. The van der Waals surface area contributed by atoms with Gasteiger partial charge in [0, 0.05) is 11.3 Å². The molecule has 4 heteroatoms. The van der Waals surface area contributed by atoms with Gasteiger partial charge in [-0.15, -0.1) is 0 Å². The first-order valence-electron chi connectivity index (χ1n) is 13.6. The van der Waals surface area contributed by atoms with Crippen LogP contribution in [0.1, 0.15) is 98.8 Å². The Balaban J connectivity index is 1.50. The quantitative estimate of drug-likeness (QED) is 0.510. The third-order valence-electron chi connectivity index (χ3n) is 13.4. The second-order valence-electron chi connectivity index (χ2n) is 13.9. The van der Waals surface area contributed by atoms with Gasteiger partial charge < -0.3 is 14.9 Å². The Morgan fingerprint density at radius 3 is 2.41 bits per heavy atom. The Morgan fingerprint density at radius 1 is 0.906 bits per heavy atom. The number of fused-ring (bicyclic) bond motifs is 4. The summed E-state index contributed by atoms with van der Waals surface area (Å²) in [6, 6.07) is 0. The van der Waals surface area contributed by atoms with Crippen molar-refractivity contribution in [2.75, 3.05) is 0 Å². The lowest BCUT2D eigenvalue weighted by atomic mass is 9.31. The average Bonchev–Trinajstić information content (AvgIpc) is 2.96. The van der Waals surface area contributed by atoms with Crippen LogP contribution >= 0.6 is 0 Å². The minimum Gasteiger partial charge on any atom is -0.455 e. The molecule has 0 aromatic heterocycles. The molecule has 4 nitrogen and oxygen atoms in total. The van der Waals surface area contributed by atoms with Gasteiger partial charge in [-0.2, -0.15) is 0 Å². The third-order valence-corrected chi connectivity index (χ3v) is 13.4. The Hall–Kier alpha value is -0.610. The largest absolute Gasteiger partial charge is 0.455 e. The lowest BCUT2D eigenvalue weighted by Crippen LogP contribution is -2.76. The molecular formula is C28H44O4. The van der Waals surface area contributed by atoms with Crippen LogP contribution in [0.4, 0.5) is 0 Å². The molecule has 1 saturated heterocycles. The summed E-state index contributed by atoms with van der Waals surface area (Å²) >= 11 is 0. The molecule has 1 aliphatic heterocycles. The highest BCUT2D eigenvalue weighted by Crippen LogP contribution is 2.80. The van der Waals surface area contributed by atoms with Crippen molar-refractivity contribution in [3.8, 4) is 0 Å². The van der Waals surface area contributed by atoms with Crippen LogP contribution in [0.5, 0.6) is 0 Å². The van der Waals surface area contributed by atoms with E-state index in [0.717, 1.165) is 64.2 Å². The highest BCUT2D eigenvalue weighted by Gasteiger charge is 2.83. The first-order valence-corrected chi connectivity index (χ1v) is 13.6. The van der Waals surface area contributed by atoms with E-state index in [1.54, 1.807) is 0 Å². The molecule has 1 spiro atoms. The van der Waals surface area contributed by atoms with Crippen molar-refractivity contribution in [2.24, 2.45) is 51.2 Å². The van der Waals surface area contributed by atoms with E-state index in [4.69, 9.17) is 4.74 Å². The Kier molecular flexibility index (Phi) is 4.33. The summed E-state index contributed by atoms with van der Waals surface area (Å²) in [5.41, 5.74) is -1.12. The lowest BCUT2D eigenvalue weighted by molar-refractivity contribution is -0.313. The number of rotatable bonds is 0. The molecule has 0 radical (unpaired) electrons. The molecule has 32 heavy (non-hydrogen) atoms. The maximum atomic E-state index is 13.6. The van der Waals surface area contributed by atoms with E-state index in [0.29, 0.717) is 23.7 Å². The van der Waals surface area contributed by atoms with E-state index in [-0.39, 0.29) is 39.7 Å². The molecule has 2 N–H and O–H groups in total. The van der Waals surface area contributed by atoms with Gasteiger partial charge in [-0.05, 0) is 98.7 Å². The van der Waals surface area contributed by atoms with Crippen LogP contribution in [0, 0.1) is 51.2 Å². The second kappa shape index (κ2) is 6.33. The van der Waals surface area contributed by atoms with Crippen LogP contribution in [0.2, 0.25) is 0 Å². The normalized spacial score (nSPS) is 63.5. The number of hydrogen-bond donors (Lipinski definition) is 2. The Morgan fingerprint density at radius 2 is 1.66 bits per heavy atom. The van der Waals surface area contributed by atoms with Crippen molar-refractivity contribution in [3.63, 3.8) is 0 Å². The van der Waals surface area contributed by atoms with E-state index < -0.39 is 11.7 Å². The van der Waals surface area contributed by atoms with Crippen molar-refractivity contribution in [1.82, 2.24) is 0 Å². The van der Waals surface area contributed by atoms with Gasteiger partial charge >= 0.3 is 5.97 Å². The van der Waals surface area contributed by atoms with Gasteiger partial charge in [-0.3, -0.25) is 4.79 Å². The topological polar surface area (TPSA) is 66.8 Å². The van der Waals surface area contributed by atoms with Crippen LogP contribution in [0.3, 0.4) is 0 Å². The average molecular weight is 445 g/mol. The number of aliphatic hydroxyl groups excluding tert-OH is 2. The van der Waals surface area contributed by atoms with Gasteiger partial charge in [0.05, 0.1) is 17.6 Å². The molecule has 1 heterocycles. The molecule has 0 aromatic rings. The number of hydrogen-bond acceptors (Lipinski definition) is 4. The van der Waals surface area contributed by atoms with Crippen molar-refractivity contribution >= 4 is 5.97 Å². The van der Waals surface area contributed by atoms with Crippen LogP contribution < -0.4 is 0 Å². The molecule has 5 saturated carbocycles. The number of carbonyl (C=O) groups is 1. The summed E-state index contributed by atoms with van der Waals surface area (Å²) in [7, 11) is 0. The summed E-state index contributed by atoms with van der Waals surface area (Å²) in [4.78, 5) is 13.6. The van der Waals surface area contributed by atoms with Gasteiger partial charge in [0.25, 0.3) is 0 Å². The highest BCUT2D eigenvalue weighted by atomic mass is 16.6. The number of esters is 1. The second-order valence-corrected chi connectivity index (χ2v) is 13.9. The zero-order chi connectivity index (χ0) is 22.9. The molecule has 12 atom stereocenters. The van der Waals surface area contributed by atoms with Crippen molar-refractivity contribution < 1.29 is 19.7 Å². The van der Waals surface area contributed by atoms with E-state index in [9.17, 15) is 15.0 Å². The number of ether oxygens (including phenoxy) is 1. The molecule has 6 aliphatic rings. The summed E-state index contributed by atoms with van der Waals surface area (Å²) in [5.74, 6) is 2.05. The first kappa shape index (κ1) is 21.9.